The van der Waals surface area contributed by atoms with Crippen LogP contribution in [0.25, 0.3) is 0 Å². The van der Waals surface area contributed by atoms with Gasteiger partial charge >= 0.3 is 5.97 Å². The molecule has 0 aliphatic carbocycles. The minimum Gasteiger partial charge on any atom is -0.460 e. The Morgan fingerprint density at radius 1 is 1.60 bits per heavy atom. The molecule has 0 atom stereocenters. The van der Waals surface area contributed by atoms with Crippen LogP contribution in [0.5, 0.6) is 0 Å². The fraction of sp³-hybridized carbons (Fsp3) is 0.200. The predicted octanol–water partition coefficient (Wildman–Crippen LogP) is 0.699. The summed E-state index contributed by atoms with van der Waals surface area (Å²) in [6, 6.07) is 5.75. The van der Waals surface area contributed by atoms with Crippen LogP contribution < -0.4 is 5.73 Å². The molecule has 0 aromatic heterocycles. The molecular formula is C10H9FN2O2. The second kappa shape index (κ2) is 5.08. The molecule has 0 aliphatic rings. The summed E-state index contributed by atoms with van der Waals surface area (Å²) >= 11 is 0. The maximum atomic E-state index is 13.2. The van der Waals surface area contributed by atoms with E-state index in [1.165, 1.54) is 12.1 Å². The molecule has 0 aliphatic heterocycles. The molecule has 4 nitrogen and oxygen atoms in total. The highest BCUT2D eigenvalue weighted by molar-refractivity contribution is 5.71. The molecule has 0 amide bonds. The van der Waals surface area contributed by atoms with Crippen molar-refractivity contribution < 1.29 is 13.9 Å². The van der Waals surface area contributed by atoms with E-state index in [1.54, 1.807) is 6.07 Å². The third-order valence-corrected chi connectivity index (χ3v) is 1.74. The van der Waals surface area contributed by atoms with Crippen LogP contribution in [0.3, 0.4) is 0 Å². The largest absolute Gasteiger partial charge is 0.460 e. The molecule has 0 bridgehead atoms. The van der Waals surface area contributed by atoms with Gasteiger partial charge in [0.25, 0.3) is 0 Å². The summed E-state index contributed by atoms with van der Waals surface area (Å²) in [6.07, 6.45) is 0. The molecule has 0 fully saturated rings. The zero-order chi connectivity index (χ0) is 11.3. The first-order valence-electron chi connectivity index (χ1n) is 4.21. The highest BCUT2D eigenvalue weighted by Gasteiger charge is 2.06. The van der Waals surface area contributed by atoms with Crippen molar-refractivity contribution in [1.29, 1.82) is 5.26 Å². The van der Waals surface area contributed by atoms with Crippen molar-refractivity contribution in [2.24, 2.45) is 5.73 Å². The average molecular weight is 208 g/mol. The highest BCUT2D eigenvalue weighted by Crippen LogP contribution is 2.10. The molecule has 1 aromatic carbocycles. The molecule has 78 valence electrons. The molecule has 0 unspecified atom stereocenters. The zero-order valence-electron chi connectivity index (χ0n) is 7.87. The van der Waals surface area contributed by atoms with Gasteiger partial charge in [-0.1, -0.05) is 6.07 Å². The van der Waals surface area contributed by atoms with Crippen LogP contribution in [0.2, 0.25) is 0 Å². The van der Waals surface area contributed by atoms with Gasteiger partial charge in [-0.15, -0.1) is 0 Å². The van der Waals surface area contributed by atoms with Crippen molar-refractivity contribution in [2.75, 3.05) is 6.54 Å². The number of halogens is 1. The van der Waals surface area contributed by atoms with Gasteiger partial charge in [0.1, 0.15) is 12.4 Å². The number of carbonyl (C=O) groups is 1. The zero-order valence-corrected chi connectivity index (χ0v) is 7.87. The Balaban J connectivity index is 2.71. The van der Waals surface area contributed by atoms with Gasteiger partial charge in [-0.3, -0.25) is 4.79 Å². The maximum absolute atomic E-state index is 13.2. The van der Waals surface area contributed by atoms with Gasteiger partial charge in [0.05, 0.1) is 18.2 Å². The number of hydrogen-bond donors (Lipinski definition) is 1. The third kappa shape index (κ3) is 3.04. The molecule has 0 radical (unpaired) electrons. The Morgan fingerprint density at radius 3 is 2.87 bits per heavy atom. The van der Waals surface area contributed by atoms with Crippen molar-refractivity contribution in [3.63, 3.8) is 0 Å². The van der Waals surface area contributed by atoms with Crippen LogP contribution in [-0.4, -0.2) is 12.5 Å². The third-order valence-electron chi connectivity index (χ3n) is 1.74. The lowest BCUT2D eigenvalue weighted by atomic mass is 10.1. The van der Waals surface area contributed by atoms with E-state index in [4.69, 9.17) is 11.0 Å². The van der Waals surface area contributed by atoms with Gasteiger partial charge < -0.3 is 10.5 Å². The maximum Gasteiger partial charge on any atom is 0.320 e. The normalized spacial score (nSPS) is 9.40. The smallest absolute Gasteiger partial charge is 0.320 e. The van der Waals surface area contributed by atoms with Gasteiger partial charge in [0, 0.05) is 5.56 Å². The van der Waals surface area contributed by atoms with Gasteiger partial charge in [0.2, 0.25) is 0 Å². The lowest BCUT2D eigenvalue weighted by Crippen LogP contribution is -2.16. The van der Waals surface area contributed by atoms with Crippen molar-refractivity contribution in [3.05, 3.63) is 35.1 Å². The van der Waals surface area contributed by atoms with E-state index in [0.29, 0.717) is 0 Å². The van der Waals surface area contributed by atoms with Gasteiger partial charge in [0.15, 0.2) is 0 Å². The van der Waals surface area contributed by atoms with Crippen LogP contribution in [0.1, 0.15) is 11.1 Å². The quantitative estimate of drug-likeness (QED) is 0.742. The standard InChI is InChI=1S/C10H9FN2O2/c11-9-3-7(4-12)1-2-8(9)6-15-10(14)5-13/h1-3H,5-6,13H2. The summed E-state index contributed by atoms with van der Waals surface area (Å²) in [5, 5.41) is 8.49. The van der Waals surface area contributed by atoms with Crippen LogP contribution in [-0.2, 0) is 16.1 Å². The highest BCUT2D eigenvalue weighted by atomic mass is 19.1. The summed E-state index contributed by atoms with van der Waals surface area (Å²) < 4.78 is 17.9. The molecule has 2 N–H and O–H groups in total. The van der Waals surface area contributed by atoms with Crippen molar-refractivity contribution in [3.8, 4) is 6.07 Å². The molecule has 5 heteroatoms. The number of benzene rings is 1. The first-order chi connectivity index (χ1) is 7.17. The minimum absolute atomic E-state index is 0.173. The molecular weight excluding hydrogens is 199 g/mol. The summed E-state index contributed by atoms with van der Waals surface area (Å²) in [5.74, 6) is -1.17. The molecule has 0 saturated carbocycles. The Morgan fingerprint density at radius 2 is 2.33 bits per heavy atom. The second-order valence-corrected chi connectivity index (χ2v) is 2.78. The topological polar surface area (TPSA) is 76.1 Å². The number of ether oxygens (including phenoxy) is 1. The number of esters is 1. The lowest BCUT2D eigenvalue weighted by molar-refractivity contribution is -0.143. The minimum atomic E-state index is -0.598. The van der Waals surface area contributed by atoms with E-state index in [1.807, 2.05) is 0 Å². The van der Waals surface area contributed by atoms with Crippen LogP contribution in [0.15, 0.2) is 18.2 Å². The van der Waals surface area contributed by atoms with Gasteiger partial charge in [-0.05, 0) is 12.1 Å². The molecule has 1 aromatic rings. The Bertz CT molecular complexity index is 412. The van der Waals surface area contributed by atoms with E-state index in [-0.39, 0.29) is 24.3 Å². The fourth-order valence-corrected chi connectivity index (χ4v) is 0.951. The van der Waals surface area contributed by atoms with Gasteiger partial charge in [-0.2, -0.15) is 5.26 Å². The SMILES string of the molecule is N#Cc1ccc(COC(=O)CN)c(F)c1. The Labute approximate surface area is 86.1 Å². The Kier molecular flexibility index (Phi) is 3.77. The average Bonchev–Trinajstić information content (AvgIpc) is 2.26. The van der Waals surface area contributed by atoms with Gasteiger partial charge in [-0.25, -0.2) is 4.39 Å². The second-order valence-electron chi connectivity index (χ2n) is 2.78. The summed E-state index contributed by atoms with van der Waals surface area (Å²) in [6.45, 7) is -0.411. The molecule has 1 rings (SSSR count). The van der Waals surface area contributed by atoms with Crippen LogP contribution in [0, 0.1) is 17.1 Å². The van der Waals surface area contributed by atoms with Crippen molar-refractivity contribution >= 4 is 5.97 Å². The number of nitrogens with zero attached hydrogens (tertiary/aromatic N) is 1. The number of hydrogen-bond acceptors (Lipinski definition) is 4. The number of nitriles is 1. The van der Waals surface area contributed by atoms with E-state index < -0.39 is 11.8 Å². The number of nitrogens with two attached hydrogens (primary N) is 1. The Hall–Kier alpha value is -1.93. The molecule has 0 saturated heterocycles. The number of carbonyl (C=O) groups excluding carboxylic acids is 1. The molecule has 15 heavy (non-hydrogen) atoms. The summed E-state index contributed by atoms with van der Waals surface area (Å²) in [4.78, 5) is 10.7. The van der Waals surface area contributed by atoms with E-state index in [2.05, 4.69) is 4.74 Å². The van der Waals surface area contributed by atoms with Crippen LogP contribution >= 0.6 is 0 Å². The first kappa shape index (κ1) is 11.1. The first-order valence-corrected chi connectivity index (χ1v) is 4.21. The lowest BCUT2D eigenvalue weighted by Gasteiger charge is -2.04. The predicted molar refractivity (Wildman–Crippen MR) is 50.0 cm³/mol. The van der Waals surface area contributed by atoms with E-state index in [0.717, 1.165) is 6.07 Å². The number of rotatable bonds is 3. The van der Waals surface area contributed by atoms with E-state index in [9.17, 15) is 9.18 Å². The fourth-order valence-electron chi connectivity index (χ4n) is 0.951. The van der Waals surface area contributed by atoms with Crippen molar-refractivity contribution in [1.82, 2.24) is 0 Å². The van der Waals surface area contributed by atoms with E-state index >= 15 is 0 Å². The summed E-state index contributed by atoms with van der Waals surface area (Å²) in [7, 11) is 0. The van der Waals surface area contributed by atoms with Crippen molar-refractivity contribution in [2.45, 2.75) is 6.61 Å². The molecule has 0 heterocycles. The molecule has 0 spiro atoms. The summed E-state index contributed by atoms with van der Waals surface area (Å²) in [5.41, 5.74) is 5.45. The van der Waals surface area contributed by atoms with Crippen LogP contribution in [0.4, 0.5) is 4.39 Å². The monoisotopic (exact) mass is 208 g/mol.